The van der Waals surface area contributed by atoms with Crippen LogP contribution in [-0.2, 0) is 13.0 Å². The molecule has 0 atom stereocenters. The van der Waals surface area contributed by atoms with Gasteiger partial charge >= 0.3 is 0 Å². The van der Waals surface area contributed by atoms with Crippen molar-refractivity contribution in [3.63, 3.8) is 0 Å². The van der Waals surface area contributed by atoms with Gasteiger partial charge in [-0.15, -0.1) is 0 Å². The molecule has 2 aliphatic rings. The third-order valence-electron chi connectivity index (χ3n) is 3.76. The van der Waals surface area contributed by atoms with Gasteiger partial charge < -0.3 is 10.6 Å². The summed E-state index contributed by atoms with van der Waals surface area (Å²) in [7, 11) is 0. The monoisotopic (exact) mass is 234 g/mol. The van der Waals surface area contributed by atoms with Gasteiger partial charge in [0.1, 0.15) is 5.69 Å². The van der Waals surface area contributed by atoms with Gasteiger partial charge in [-0.25, -0.2) is 0 Å². The first-order valence-corrected chi connectivity index (χ1v) is 6.37. The SMILES string of the molecule is O=Cc1nn(C2CCNCC2)c2c1CCNC2. The lowest BCUT2D eigenvalue weighted by molar-refractivity contribution is 0.111. The van der Waals surface area contributed by atoms with Gasteiger partial charge in [0.15, 0.2) is 6.29 Å². The number of hydrogen-bond acceptors (Lipinski definition) is 4. The largest absolute Gasteiger partial charge is 0.317 e. The van der Waals surface area contributed by atoms with Gasteiger partial charge in [0.05, 0.1) is 11.7 Å². The van der Waals surface area contributed by atoms with E-state index < -0.39 is 0 Å². The molecule has 2 N–H and O–H groups in total. The number of aromatic nitrogens is 2. The molecule has 0 unspecified atom stereocenters. The number of aldehydes is 1. The zero-order valence-corrected chi connectivity index (χ0v) is 9.91. The summed E-state index contributed by atoms with van der Waals surface area (Å²) in [6.45, 7) is 3.89. The highest BCUT2D eigenvalue weighted by Crippen LogP contribution is 2.25. The number of piperidine rings is 1. The van der Waals surface area contributed by atoms with Crippen LogP contribution in [0, 0.1) is 0 Å². The maximum atomic E-state index is 11.1. The summed E-state index contributed by atoms with van der Waals surface area (Å²) in [5.41, 5.74) is 3.04. The van der Waals surface area contributed by atoms with Gasteiger partial charge in [-0.3, -0.25) is 9.48 Å². The van der Waals surface area contributed by atoms with Crippen LogP contribution in [0.4, 0.5) is 0 Å². The van der Waals surface area contributed by atoms with E-state index in [9.17, 15) is 4.79 Å². The molecule has 92 valence electrons. The van der Waals surface area contributed by atoms with Crippen molar-refractivity contribution in [2.75, 3.05) is 19.6 Å². The molecule has 17 heavy (non-hydrogen) atoms. The summed E-state index contributed by atoms with van der Waals surface area (Å²) in [5, 5.41) is 11.2. The topological polar surface area (TPSA) is 59.0 Å². The maximum Gasteiger partial charge on any atom is 0.170 e. The molecule has 0 spiro atoms. The fourth-order valence-electron chi connectivity index (χ4n) is 2.85. The number of nitrogens with one attached hydrogen (secondary N) is 2. The average Bonchev–Trinajstić information content (AvgIpc) is 2.78. The average molecular weight is 234 g/mol. The van der Waals surface area contributed by atoms with Crippen molar-refractivity contribution in [1.82, 2.24) is 20.4 Å². The molecule has 1 fully saturated rings. The molecule has 1 saturated heterocycles. The quantitative estimate of drug-likeness (QED) is 0.721. The van der Waals surface area contributed by atoms with Crippen LogP contribution in [0.25, 0.3) is 0 Å². The highest BCUT2D eigenvalue weighted by Gasteiger charge is 2.25. The molecule has 0 saturated carbocycles. The Bertz CT molecular complexity index is 420. The Morgan fingerprint density at radius 3 is 2.82 bits per heavy atom. The van der Waals surface area contributed by atoms with Crippen LogP contribution in [0.2, 0.25) is 0 Å². The second-order valence-electron chi connectivity index (χ2n) is 4.78. The minimum Gasteiger partial charge on any atom is -0.317 e. The van der Waals surface area contributed by atoms with Crippen LogP contribution in [0.15, 0.2) is 0 Å². The first kappa shape index (κ1) is 10.9. The predicted octanol–water partition coefficient (Wildman–Crippen LogP) is 0.266. The van der Waals surface area contributed by atoms with Crippen molar-refractivity contribution in [1.29, 1.82) is 0 Å². The third kappa shape index (κ3) is 1.89. The molecule has 0 aliphatic carbocycles. The number of rotatable bonds is 2. The smallest absolute Gasteiger partial charge is 0.170 e. The van der Waals surface area contributed by atoms with Crippen molar-refractivity contribution in [3.05, 3.63) is 17.0 Å². The second-order valence-corrected chi connectivity index (χ2v) is 4.78. The molecule has 0 amide bonds. The number of fused-ring (bicyclic) bond motifs is 1. The Hall–Kier alpha value is -1.20. The molecule has 3 heterocycles. The molecule has 0 radical (unpaired) electrons. The van der Waals surface area contributed by atoms with Crippen LogP contribution in [0.5, 0.6) is 0 Å². The lowest BCUT2D eigenvalue weighted by Crippen LogP contribution is -2.32. The van der Waals surface area contributed by atoms with E-state index in [0.29, 0.717) is 11.7 Å². The highest BCUT2D eigenvalue weighted by atomic mass is 16.1. The number of carbonyl (C=O) groups excluding carboxylic acids is 1. The van der Waals surface area contributed by atoms with Gasteiger partial charge in [-0.2, -0.15) is 5.10 Å². The van der Waals surface area contributed by atoms with E-state index in [0.717, 1.165) is 57.3 Å². The van der Waals surface area contributed by atoms with Crippen molar-refractivity contribution < 1.29 is 4.79 Å². The van der Waals surface area contributed by atoms with Crippen LogP contribution in [-0.4, -0.2) is 35.7 Å². The Balaban J connectivity index is 1.97. The van der Waals surface area contributed by atoms with Crippen LogP contribution in [0.3, 0.4) is 0 Å². The Labute approximate surface area is 101 Å². The van der Waals surface area contributed by atoms with E-state index in [1.807, 2.05) is 0 Å². The van der Waals surface area contributed by atoms with Crippen molar-refractivity contribution in [2.45, 2.75) is 31.8 Å². The van der Waals surface area contributed by atoms with E-state index in [2.05, 4.69) is 20.4 Å². The summed E-state index contributed by atoms with van der Waals surface area (Å²) in [6.07, 6.45) is 4.04. The lowest BCUT2D eigenvalue weighted by atomic mass is 10.0. The zero-order chi connectivity index (χ0) is 11.7. The van der Waals surface area contributed by atoms with E-state index in [1.165, 1.54) is 5.69 Å². The van der Waals surface area contributed by atoms with E-state index >= 15 is 0 Å². The molecule has 2 aliphatic heterocycles. The standard InChI is InChI=1S/C12H18N4O/c17-8-11-10-3-6-14-7-12(10)16(15-11)9-1-4-13-5-2-9/h8-9,13-14H,1-7H2. The molecule has 3 rings (SSSR count). The zero-order valence-electron chi connectivity index (χ0n) is 9.91. The Morgan fingerprint density at radius 1 is 1.24 bits per heavy atom. The molecule has 1 aromatic heterocycles. The fourth-order valence-corrected chi connectivity index (χ4v) is 2.85. The molecule has 5 heteroatoms. The Kier molecular flexibility index (Phi) is 2.94. The van der Waals surface area contributed by atoms with Crippen molar-refractivity contribution in [2.24, 2.45) is 0 Å². The number of carbonyl (C=O) groups is 1. The first-order chi connectivity index (χ1) is 8.40. The van der Waals surface area contributed by atoms with Crippen LogP contribution in [0.1, 0.15) is 40.6 Å². The number of nitrogens with zero attached hydrogens (tertiary/aromatic N) is 2. The van der Waals surface area contributed by atoms with Crippen LogP contribution >= 0.6 is 0 Å². The maximum absolute atomic E-state index is 11.1. The molecule has 0 bridgehead atoms. The van der Waals surface area contributed by atoms with Gasteiger partial charge in [-0.05, 0) is 38.9 Å². The normalized spacial score (nSPS) is 21.2. The lowest BCUT2D eigenvalue weighted by Gasteiger charge is -2.26. The van der Waals surface area contributed by atoms with Gasteiger partial charge in [0, 0.05) is 12.1 Å². The second kappa shape index (κ2) is 4.58. The van der Waals surface area contributed by atoms with E-state index in [-0.39, 0.29) is 0 Å². The number of hydrogen-bond donors (Lipinski definition) is 2. The minimum absolute atomic E-state index is 0.457. The van der Waals surface area contributed by atoms with Gasteiger partial charge in [-0.1, -0.05) is 0 Å². The fraction of sp³-hybridized carbons (Fsp3) is 0.667. The van der Waals surface area contributed by atoms with Crippen molar-refractivity contribution >= 4 is 6.29 Å². The summed E-state index contributed by atoms with van der Waals surface area (Å²) < 4.78 is 2.10. The molecule has 5 nitrogen and oxygen atoms in total. The highest BCUT2D eigenvalue weighted by molar-refractivity contribution is 5.75. The summed E-state index contributed by atoms with van der Waals surface area (Å²) >= 11 is 0. The molecular weight excluding hydrogens is 216 g/mol. The first-order valence-electron chi connectivity index (χ1n) is 6.37. The van der Waals surface area contributed by atoms with Gasteiger partial charge in [0.2, 0.25) is 0 Å². The Morgan fingerprint density at radius 2 is 2.06 bits per heavy atom. The molecule has 0 aromatic carbocycles. The van der Waals surface area contributed by atoms with E-state index in [1.54, 1.807) is 0 Å². The third-order valence-corrected chi connectivity index (χ3v) is 3.76. The predicted molar refractivity (Wildman–Crippen MR) is 64.2 cm³/mol. The molecular formula is C12H18N4O. The minimum atomic E-state index is 0.457. The van der Waals surface area contributed by atoms with Gasteiger partial charge in [0.25, 0.3) is 0 Å². The molecule has 1 aromatic rings. The van der Waals surface area contributed by atoms with E-state index in [4.69, 9.17) is 0 Å². The van der Waals surface area contributed by atoms with Crippen molar-refractivity contribution in [3.8, 4) is 0 Å². The van der Waals surface area contributed by atoms with Crippen LogP contribution < -0.4 is 10.6 Å². The summed E-state index contributed by atoms with van der Waals surface area (Å²) in [6, 6.07) is 0.457. The summed E-state index contributed by atoms with van der Waals surface area (Å²) in [5.74, 6) is 0. The summed E-state index contributed by atoms with van der Waals surface area (Å²) in [4.78, 5) is 11.1.